The van der Waals surface area contributed by atoms with E-state index in [0.29, 0.717) is 0 Å². The van der Waals surface area contributed by atoms with Gasteiger partial charge in [-0.05, 0) is 17.7 Å². The Labute approximate surface area is 73.7 Å². The molecule has 66 valence electrons. The van der Waals surface area contributed by atoms with Crippen LogP contribution in [-0.2, 0) is 16.8 Å². The van der Waals surface area contributed by atoms with E-state index in [1.165, 1.54) is 0 Å². The van der Waals surface area contributed by atoms with E-state index in [4.69, 9.17) is 9.29 Å². The molecule has 0 heterocycles. The highest BCUT2D eigenvalue weighted by Crippen LogP contribution is 2.11. The summed E-state index contributed by atoms with van der Waals surface area (Å²) in [5, 5.41) is 0. The fourth-order valence-electron chi connectivity index (χ4n) is 0.864. The van der Waals surface area contributed by atoms with Gasteiger partial charge in [0.25, 0.3) is 0 Å². The van der Waals surface area contributed by atoms with Crippen LogP contribution in [0.15, 0.2) is 24.3 Å². The number of hydrogen-bond acceptors (Lipinski definition) is 2. The lowest BCUT2D eigenvalue weighted by Gasteiger charge is -2.00. The topological polar surface area (TPSA) is 46.5 Å². The Balaban J connectivity index is 2.71. The molecule has 1 atom stereocenters. The first-order chi connectivity index (χ1) is 5.72. The number of hydrogen-bond donors (Lipinski definition) is 1. The van der Waals surface area contributed by atoms with E-state index in [2.05, 4.69) is 0 Å². The van der Waals surface area contributed by atoms with Crippen LogP contribution < -0.4 is 4.74 Å². The second-order valence-electron chi connectivity index (χ2n) is 2.31. The van der Waals surface area contributed by atoms with Crippen LogP contribution in [-0.4, -0.2) is 15.9 Å². The van der Waals surface area contributed by atoms with Crippen molar-refractivity contribution in [1.82, 2.24) is 0 Å². The molecule has 0 fully saturated rings. The van der Waals surface area contributed by atoms with Crippen LogP contribution in [0.5, 0.6) is 5.75 Å². The highest BCUT2D eigenvalue weighted by Gasteiger charge is 1.97. The Bertz CT molecular complexity index is 268. The minimum absolute atomic E-state index is 0.171. The molecule has 0 saturated carbocycles. The van der Waals surface area contributed by atoms with E-state index in [9.17, 15) is 4.21 Å². The Morgan fingerprint density at radius 2 is 2.00 bits per heavy atom. The van der Waals surface area contributed by atoms with Crippen molar-refractivity contribution < 1.29 is 13.5 Å². The predicted octanol–water partition coefficient (Wildman–Crippen LogP) is 1.42. The molecule has 0 radical (unpaired) electrons. The summed E-state index contributed by atoms with van der Waals surface area (Å²) in [7, 11) is 1.58. The normalized spacial score (nSPS) is 12.5. The zero-order chi connectivity index (χ0) is 8.97. The van der Waals surface area contributed by atoms with E-state index in [1.807, 2.05) is 0 Å². The fraction of sp³-hybridized carbons (Fsp3) is 0.250. The summed E-state index contributed by atoms with van der Waals surface area (Å²) in [6, 6.07) is 7.07. The minimum Gasteiger partial charge on any atom is -0.497 e. The van der Waals surface area contributed by atoms with Crippen LogP contribution in [0, 0.1) is 0 Å². The average Bonchev–Trinajstić information content (AvgIpc) is 2.05. The van der Waals surface area contributed by atoms with E-state index in [0.717, 1.165) is 11.3 Å². The molecule has 0 aliphatic rings. The summed E-state index contributed by atoms with van der Waals surface area (Å²) >= 11 is -1.77. The first kappa shape index (κ1) is 9.22. The second-order valence-corrected chi connectivity index (χ2v) is 3.25. The zero-order valence-electron chi connectivity index (χ0n) is 6.69. The molecule has 0 aromatic heterocycles. The van der Waals surface area contributed by atoms with Crippen LogP contribution in [0.4, 0.5) is 0 Å². The third kappa shape index (κ3) is 2.64. The van der Waals surface area contributed by atoms with Crippen molar-refractivity contribution in [3.63, 3.8) is 0 Å². The molecule has 0 saturated heterocycles. The van der Waals surface area contributed by atoms with E-state index in [1.54, 1.807) is 31.4 Å². The van der Waals surface area contributed by atoms with Gasteiger partial charge in [-0.2, -0.15) is 0 Å². The van der Waals surface area contributed by atoms with Gasteiger partial charge >= 0.3 is 0 Å². The summed E-state index contributed by atoms with van der Waals surface area (Å²) in [5.41, 5.74) is 0.830. The molecule has 12 heavy (non-hydrogen) atoms. The quantitative estimate of drug-likeness (QED) is 0.726. The maximum absolute atomic E-state index is 10.4. The second kappa shape index (κ2) is 4.23. The SMILES string of the molecule is COc1ccc(CS(=O)O)cc1. The summed E-state index contributed by atoms with van der Waals surface area (Å²) < 4.78 is 23.9. The Kier molecular flexibility index (Phi) is 3.25. The van der Waals surface area contributed by atoms with Crippen LogP contribution >= 0.6 is 0 Å². The average molecular weight is 186 g/mol. The lowest BCUT2D eigenvalue weighted by molar-refractivity contribution is 0.414. The lowest BCUT2D eigenvalue weighted by atomic mass is 10.2. The third-order valence-corrected chi connectivity index (χ3v) is 2.03. The first-order valence-electron chi connectivity index (χ1n) is 3.43. The smallest absolute Gasteiger partial charge is 0.157 e. The first-order valence-corrected chi connectivity index (χ1v) is 4.70. The summed E-state index contributed by atoms with van der Waals surface area (Å²) in [5.74, 6) is 0.923. The van der Waals surface area contributed by atoms with Crippen LogP contribution in [0.3, 0.4) is 0 Å². The van der Waals surface area contributed by atoms with Gasteiger partial charge in [0.05, 0.1) is 12.9 Å². The molecular weight excluding hydrogens is 176 g/mol. The maximum atomic E-state index is 10.4. The molecule has 3 nitrogen and oxygen atoms in total. The van der Waals surface area contributed by atoms with Crippen molar-refractivity contribution in [3.8, 4) is 5.75 Å². The number of ether oxygens (including phenoxy) is 1. The van der Waals surface area contributed by atoms with Gasteiger partial charge in [0.1, 0.15) is 5.75 Å². The molecule has 0 aliphatic carbocycles. The van der Waals surface area contributed by atoms with E-state index in [-0.39, 0.29) is 5.75 Å². The molecule has 1 N–H and O–H groups in total. The van der Waals surface area contributed by atoms with Gasteiger partial charge in [-0.15, -0.1) is 0 Å². The van der Waals surface area contributed by atoms with Gasteiger partial charge in [0, 0.05) is 0 Å². The molecule has 1 aromatic rings. The maximum Gasteiger partial charge on any atom is 0.157 e. The van der Waals surface area contributed by atoms with Gasteiger partial charge in [-0.1, -0.05) is 12.1 Å². The molecule has 1 rings (SSSR count). The highest BCUT2D eigenvalue weighted by atomic mass is 32.2. The molecule has 1 unspecified atom stereocenters. The van der Waals surface area contributed by atoms with Crippen molar-refractivity contribution in [2.45, 2.75) is 5.75 Å². The minimum atomic E-state index is -1.77. The molecule has 0 bridgehead atoms. The number of benzene rings is 1. The van der Waals surface area contributed by atoms with Crippen LogP contribution in [0.1, 0.15) is 5.56 Å². The largest absolute Gasteiger partial charge is 0.497 e. The summed E-state index contributed by atoms with van der Waals surface area (Å²) in [6.45, 7) is 0. The standard InChI is InChI=1S/C8H10O3S/c1-11-8-4-2-7(3-5-8)6-12(9)10/h2-5H,6H2,1H3,(H,9,10). The van der Waals surface area contributed by atoms with E-state index < -0.39 is 11.1 Å². The van der Waals surface area contributed by atoms with E-state index >= 15 is 0 Å². The molecular formula is C8H10O3S. The predicted molar refractivity (Wildman–Crippen MR) is 47.5 cm³/mol. The molecule has 0 spiro atoms. The third-order valence-electron chi connectivity index (χ3n) is 1.45. The van der Waals surface area contributed by atoms with Crippen molar-refractivity contribution in [3.05, 3.63) is 29.8 Å². The van der Waals surface area contributed by atoms with Crippen molar-refractivity contribution in [1.29, 1.82) is 0 Å². The zero-order valence-corrected chi connectivity index (χ0v) is 7.50. The number of rotatable bonds is 3. The van der Waals surface area contributed by atoms with Gasteiger partial charge < -0.3 is 9.29 Å². The Morgan fingerprint density at radius 1 is 1.42 bits per heavy atom. The van der Waals surface area contributed by atoms with Crippen molar-refractivity contribution in [2.75, 3.05) is 7.11 Å². The molecule has 0 aliphatic heterocycles. The summed E-state index contributed by atoms with van der Waals surface area (Å²) in [6.07, 6.45) is 0. The highest BCUT2D eigenvalue weighted by molar-refractivity contribution is 7.78. The Hall–Kier alpha value is -0.870. The van der Waals surface area contributed by atoms with Gasteiger partial charge in [-0.25, -0.2) is 4.21 Å². The van der Waals surface area contributed by atoms with Crippen LogP contribution in [0.25, 0.3) is 0 Å². The molecule has 0 amide bonds. The van der Waals surface area contributed by atoms with Crippen LogP contribution in [0.2, 0.25) is 0 Å². The monoisotopic (exact) mass is 186 g/mol. The Morgan fingerprint density at radius 3 is 2.42 bits per heavy atom. The molecule has 4 heteroatoms. The fourth-order valence-corrected chi connectivity index (χ4v) is 1.34. The van der Waals surface area contributed by atoms with Crippen molar-refractivity contribution in [2.24, 2.45) is 0 Å². The van der Waals surface area contributed by atoms with Gasteiger partial charge in [0.2, 0.25) is 0 Å². The lowest BCUT2D eigenvalue weighted by Crippen LogP contribution is -1.92. The summed E-state index contributed by atoms with van der Waals surface area (Å²) in [4.78, 5) is 0. The van der Waals surface area contributed by atoms with Crippen molar-refractivity contribution >= 4 is 11.1 Å². The number of methoxy groups -OCH3 is 1. The molecule has 1 aromatic carbocycles. The van der Waals surface area contributed by atoms with Gasteiger partial charge in [-0.3, -0.25) is 0 Å². The van der Waals surface area contributed by atoms with Gasteiger partial charge in [0.15, 0.2) is 11.1 Å².